The summed E-state index contributed by atoms with van der Waals surface area (Å²) in [6.45, 7) is 4.02. The van der Waals surface area contributed by atoms with Gasteiger partial charge >= 0.3 is 0 Å². The first-order valence-electron chi connectivity index (χ1n) is 6.68. The highest BCUT2D eigenvalue weighted by Crippen LogP contribution is 2.32. The van der Waals surface area contributed by atoms with Crippen LogP contribution >= 0.6 is 11.8 Å². The summed E-state index contributed by atoms with van der Waals surface area (Å²) in [6.07, 6.45) is 0.914. The molecule has 1 aromatic heterocycles. The van der Waals surface area contributed by atoms with Gasteiger partial charge in [0.15, 0.2) is 0 Å². The first-order valence-corrected chi connectivity index (χ1v) is 9.28. The third kappa shape index (κ3) is 2.77. The fourth-order valence-corrected chi connectivity index (χ4v) is 5.73. The molecular weight excluding hydrogens is 296 g/mol. The van der Waals surface area contributed by atoms with Crippen molar-refractivity contribution in [3.63, 3.8) is 0 Å². The van der Waals surface area contributed by atoms with E-state index in [0.29, 0.717) is 23.0 Å². The Balaban J connectivity index is 2.43. The summed E-state index contributed by atoms with van der Waals surface area (Å²) in [4.78, 5) is 0.337. The van der Waals surface area contributed by atoms with Crippen molar-refractivity contribution in [3.8, 4) is 0 Å². The maximum Gasteiger partial charge on any atom is 0.246 e. The van der Waals surface area contributed by atoms with Crippen LogP contribution in [0.25, 0.3) is 0 Å². The first-order chi connectivity index (χ1) is 9.39. The third-order valence-corrected chi connectivity index (χ3v) is 6.99. The fourth-order valence-electron chi connectivity index (χ4n) is 2.58. The van der Waals surface area contributed by atoms with Gasteiger partial charge in [0.1, 0.15) is 16.4 Å². The van der Waals surface area contributed by atoms with Crippen molar-refractivity contribution in [3.05, 3.63) is 17.1 Å². The molecule has 5 nitrogen and oxygen atoms in total. The van der Waals surface area contributed by atoms with Gasteiger partial charge in [-0.15, -0.1) is 0 Å². The number of nitrogens with one attached hydrogen (secondary N) is 1. The maximum atomic E-state index is 12.9. The molecule has 0 radical (unpaired) electrons. The molecule has 7 heteroatoms. The summed E-state index contributed by atoms with van der Waals surface area (Å²) in [6, 6.07) is 0.0852. The molecule has 1 atom stereocenters. The van der Waals surface area contributed by atoms with E-state index in [-0.39, 0.29) is 6.04 Å². The van der Waals surface area contributed by atoms with E-state index in [9.17, 15) is 8.42 Å². The number of thioether (sulfide) groups is 1. The van der Waals surface area contributed by atoms with Crippen LogP contribution in [0.4, 0.5) is 0 Å². The lowest BCUT2D eigenvalue weighted by Crippen LogP contribution is -2.37. The van der Waals surface area contributed by atoms with E-state index in [1.54, 1.807) is 32.8 Å². The van der Waals surface area contributed by atoms with E-state index in [1.165, 1.54) is 4.31 Å². The lowest BCUT2D eigenvalue weighted by Gasteiger charge is -2.23. The zero-order chi connectivity index (χ0) is 14.9. The van der Waals surface area contributed by atoms with Gasteiger partial charge in [0, 0.05) is 31.0 Å². The second-order valence-electron chi connectivity index (χ2n) is 5.09. The summed E-state index contributed by atoms with van der Waals surface area (Å²) < 4.78 is 32.8. The zero-order valence-electron chi connectivity index (χ0n) is 12.4. The Morgan fingerprint density at radius 3 is 2.65 bits per heavy atom. The van der Waals surface area contributed by atoms with Crippen LogP contribution in [0.1, 0.15) is 23.5 Å². The number of nitrogens with zero attached hydrogens (tertiary/aromatic N) is 1. The van der Waals surface area contributed by atoms with Gasteiger partial charge in [-0.05, 0) is 33.1 Å². The molecular formula is C13H22N2O3S2. The van der Waals surface area contributed by atoms with Crippen LogP contribution in [0.2, 0.25) is 0 Å². The summed E-state index contributed by atoms with van der Waals surface area (Å²) in [5.74, 6) is 3.04. The minimum absolute atomic E-state index is 0.0852. The standard InChI is InChI=1S/C13H22N2O3S2/c1-9-12(7-14-3)13(10(2)18-9)20(16,17)15(4)11-5-6-19-8-11/h11,14H,5-8H2,1-4H3. The topological polar surface area (TPSA) is 62.6 Å². The molecule has 1 saturated heterocycles. The second kappa shape index (κ2) is 6.09. The van der Waals surface area contributed by atoms with Crippen molar-refractivity contribution >= 4 is 21.8 Å². The molecule has 1 N–H and O–H groups in total. The van der Waals surface area contributed by atoms with Gasteiger partial charge in [0.25, 0.3) is 0 Å². The lowest BCUT2D eigenvalue weighted by molar-refractivity contribution is 0.392. The maximum absolute atomic E-state index is 12.9. The zero-order valence-corrected chi connectivity index (χ0v) is 14.0. The average molecular weight is 318 g/mol. The smallest absolute Gasteiger partial charge is 0.246 e. The molecule has 20 heavy (non-hydrogen) atoms. The number of furan rings is 1. The van der Waals surface area contributed by atoms with Crippen molar-refractivity contribution in [2.45, 2.75) is 37.8 Å². The SMILES string of the molecule is CNCc1c(C)oc(C)c1S(=O)(=O)N(C)C1CCSC1. The van der Waals surface area contributed by atoms with Crippen LogP contribution in [0.15, 0.2) is 9.31 Å². The Morgan fingerprint density at radius 2 is 2.10 bits per heavy atom. The van der Waals surface area contributed by atoms with Crippen molar-refractivity contribution in [2.24, 2.45) is 0 Å². The Kier molecular flexibility index (Phi) is 4.84. The normalized spacial score (nSPS) is 19.9. The van der Waals surface area contributed by atoms with Crippen LogP contribution in [-0.2, 0) is 16.6 Å². The van der Waals surface area contributed by atoms with Gasteiger partial charge in [0.2, 0.25) is 10.0 Å². The van der Waals surface area contributed by atoms with Crippen molar-refractivity contribution in [1.82, 2.24) is 9.62 Å². The van der Waals surface area contributed by atoms with Gasteiger partial charge in [0.05, 0.1) is 0 Å². The highest BCUT2D eigenvalue weighted by Gasteiger charge is 2.35. The Morgan fingerprint density at radius 1 is 1.40 bits per heavy atom. The molecule has 0 bridgehead atoms. The van der Waals surface area contributed by atoms with Crippen molar-refractivity contribution in [1.29, 1.82) is 0 Å². The Hall–Kier alpha value is -0.500. The van der Waals surface area contributed by atoms with Crippen LogP contribution in [-0.4, -0.2) is 44.4 Å². The van der Waals surface area contributed by atoms with Crippen LogP contribution < -0.4 is 5.32 Å². The molecule has 0 aliphatic carbocycles. The molecule has 0 saturated carbocycles. The predicted octanol–water partition coefficient (Wildman–Crippen LogP) is 1.74. The van der Waals surface area contributed by atoms with Crippen molar-refractivity contribution < 1.29 is 12.8 Å². The van der Waals surface area contributed by atoms with E-state index in [4.69, 9.17) is 4.42 Å². The number of hydrogen-bond donors (Lipinski definition) is 1. The summed E-state index contributed by atoms with van der Waals surface area (Å²) in [5, 5.41) is 3.01. The quantitative estimate of drug-likeness (QED) is 0.896. The molecule has 1 fully saturated rings. The van der Waals surface area contributed by atoms with Gasteiger partial charge in [-0.2, -0.15) is 16.1 Å². The predicted molar refractivity (Wildman–Crippen MR) is 81.6 cm³/mol. The molecule has 2 rings (SSSR count). The molecule has 1 unspecified atom stereocenters. The molecule has 0 spiro atoms. The number of rotatable bonds is 5. The van der Waals surface area contributed by atoms with E-state index in [1.807, 2.05) is 6.92 Å². The molecule has 2 heterocycles. The highest BCUT2D eigenvalue weighted by molar-refractivity contribution is 7.99. The van der Waals surface area contributed by atoms with Gasteiger partial charge in [-0.1, -0.05) is 0 Å². The van der Waals surface area contributed by atoms with E-state index < -0.39 is 10.0 Å². The summed E-state index contributed by atoms with van der Waals surface area (Å²) in [5.41, 5.74) is 0.738. The lowest BCUT2D eigenvalue weighted by atomic mass is 10.2. The van der Waals surface area contributed by atoms with Gasteiger partial charge in [-0.25, -0.2) is 8.42 Å². The second-order valence-corrected chi connectivity index (χ2v) is 8.18. The van der Waals surface area contributed by atoms with Crippen LogP contribution in [0.5, 0.6) is 0 Å². The minimum Gasteiger partial charge on any atom is -0.465 e. The number of aryl methyl sites for hydroxylation is 2. The van der Waals surface area contributed by atoms with E-state index in [0.717, 1.165) is 23.5 Å². The Bertz CT molecular complexity index is 575. The minimum atomic E-state index is -3.50. The van der Waals surface area contributed by atoms with Gasteiger partial charge < -0.3 is 9.73 Å². The molecule has 0 amide bonds. The summed E-state index contributed by atoms with van der Waals surface area (Å²) in [7, 11) is -0.0204. The van der Waals surface area contributed by atoms with Gasteiger partial charge in [-0.3, -0.25) is 0 Å². The third-order valence-electron chi connectivity index (χ3n) is 3.74. The highest BCUT2D eigenvalue weighted by atomic mass is 32.2. The molecule has 1 aliphatic rings. The van der Waals surface area contributed by atoms with E-state index in [2.05, 4.69) is 5.32 Å². The molecule has 114 valence electrons. The fraction of sp³-hybridized carbons (Fsp3) is 0.692. The molecule has 1 aliphatic heterocycles. The molecule has 1 aromatic rings. The monoisotopic (exact) mass is 318 g/mol. The summed E-state index contributed by atoms with van der Waals surface area (Å²) >= 11 is 1.80. The number of sulfonamides is 1. The molecule has 0 aromatic carbocycles. The van der Waals surface area contributed by atoms with E-state index >= 15 is 0 Å². The van der Waals surface area contributed by atoms with Crippen LogP contribution in [0, 0.1) is 13.8 Å². The first kappa shape index (κ1) is 15.9. The van der Waals surface area contributed by atoms with Crippen LogP contribution in [0.3, 0.4) is 0 Å². The average Bonchev–Trinajstić information content (AvgIpc) is 2.98. The number of hydrogen-bond acceptors (Lipinski definition) is 5. The Labute approximate surface area is 125 Å². The largest absolute Gasteiger partial charge is 0.465 e. The van der Waals surface area contributed by atoms with Crippen molar-refractivity contribution in [2.75, 3.05) is 25.6 Å².